The third kappa shape index (κ3) is 3.63. The Hall–Kier alpha value is -1.50. The minimum Gasteiger partial charge on any atom is -0.494 e. The van der Waals surface area contributed by atoms with Crippen molar-refractivity contribution >= 4 is 23.2 Å². The van der Waals surface area contributed by atoms with Crippen molar-refractivity contribution in [1.29, 1.82) is 0 Å². The SMILES string of the molecule is CCOc1ccc2ccccc2c1[C@@H](N)[C@@H](O)C(F)(F)F.Cl. The van der Waals surface area contributed by atoms with Crippen LogP contribution in [0.5, 0.6) is 5.75 Å². The minimum atomic E-state index is -4.79. The molecule has 2 aromatic carbocycles. The van der Waals surface area contributed by atoms with E-state index in [1.807, 2.05) is 0 Å². The second-order valence-corrected chi connectivity index (χ2v) is 4.64. The van der Waals surface area contributed by atoms with Gasteiger partial charge in [-0.1, -0.05) is 30.3 Å². The van der Waals surface area contributed by atoms with E-state index < -0.39 is 18.3 Å². The number of ether oxygens (including phenoxy) is 1. The Labute approximate surface area is 132 Å². The maximum Gasteiger partial charge on any atom is 0.416 e. The number of hydrogen-bond donors (Lipinski definition) is 2. The predicted octanol–water partition coefficient (Wildman–Crippen LogP) is 3.58. The van der Waals surface area contributed by atoms with Gasteiger partial charge in [0.05, 0.1) is 12.6 Å². The molecule has 0 radical (unpaired) electrons. The summed E-state index contributed by atoms with van der Waals surface area (Å²) in [6, 6.07) is 8.61. The summed E-state index contributed by atoms with van der Waals surface area (Å²) in [5.74, 6) is 0.256. The first-order valence-corrected chi connectivity index (χ1v) is 6.51. The molecule has 0 amide bonds. The third-order valence-electron chi connectivity index (χ3n) is 3.24. The van der Waals surface area contributed by atoms with Crippen LogP contribution in [0.25, 0.3) is 10.8 Å². The van der Waals surface area contributed by atoms with Gasteiger partial charge in [-0.05, 0) is 23.8 Å². The van der Waals surface area contributed by atoms with Gasteiger partial charge in [0.2, 0.25) is 0 Å². The molecule has 0 saturated carbocycles. The minimum absolute atomic E-state index is 0. The van der Waals surface area contributed by atoms with Crippen LogP contribution < -0.4 is 10.5 Å². The van der Waals surface area contributed by atoms with Crippen LogP contribution in [0, 0.1) is 0 Å². The number of aliphatic hydroxyl groups is 1. The molecule has 22 heavy (non-hydrogen) atoms. The van der Waals surface area contributed by atoms with Gasteiger partial charge in [-0.2, -0.15) is 13.2 Å². The van der Waals surface area contributed by atoms with Gasteiger partial charge in [0.15, 0.2) is 6.10 Å². The molecule has 0 heterocycles. The highest BCUT2D eigenvalue weighted by Gasteiger charge is 2.43. The van der Waals surface area contributed by atoms with Gasteiger partial charge >= 0.3 is 6.18 Å². The lowest BCUT2D eigenvalue weighted by molar-refractivity contribution is -0.210. The summed E-state index contributed by atoms with van der Waals surface area (Å²) in [4.78, 5) is 0. The number of aliphatic hydroxyl groups excluding tert-OH is 1. The largest absolute Gasteiger partial charge is 0.494 e. The fourth-order valence-corrected chi connectivity index (χ4v) is 2.26. The molecule has 2 rings (SSSR count). The van der Waals surface area contributed by atoms with E-state index in [1.165, 1.54) is 0 Å². The van der Waals surface area contributed by atoms with Crippen LogP contribution in [0.1, 0.15) is 18.5 Å². The number of benzene rings is 2. The molecule has 0 spiro atoms. The molecule has 0 aliphatic carbocycles. The Balaban J connectivity index is 0.00000242. The Morgan fingerprint density at radius 2 is 1.82 bits per heavy atom. The van der Waals surface area contributed by atoms with Crippen LogP contribution in [0.4, 0.5) is 13.2 Å². The quantitative estimate of drug-likeness (QED) is 0.898. The number of hydrogen-bond acceptors (Lipinski definition) is 3. The second-order valence-electron chi connectivity index (χ2n) is 4.64. The smallest absolute Gasteiger partial charge is 0.416 e. The molecule has 0 aliphatic rings. The van der Waals surface area contributed by atoms with Crippen LogP contribution in [0.15, 0.2) is 36.4 Å². The summed E-state index contributed by atoms with van der Waals surface area (Å²) in [7, 11) is 0. The molecule has 2 atom stereocenters. The zero-order valence-electron chi connectivity index (χ0n) is 11.8. The molecule has 3 N–H and O–H groups in total. The van der Waals surface area contributed by atoms with Crippen molar-refractivity contribution in [3.63, 3.8) is 0 Å². The van der Waals surface area contributed by atoms with Crippen LogP contribution in [0.3, 0.4) is 0 Å². The Morgan fingerprint density at radius 1 is 1.18 bits per heavy atom. The van der Waals surface area contributed by atoms with Crippen molar-refractivity contribution < 1.29 is 23.0 Å². The molecule has 0 fully saturated rings. The highest BCUT2D eigenvalue weighted by molar-refractivity contribution is 5.88. The van der Waals surface area contributed by atoms with E-state index in [1.54, 1.807) is 43.3 Å². The van der Waals surface area contributed by atoms with Gasteiger partial charge < -0.3 is 15.6 Å². The zero-order chi connectivity index (χ0) is 15.6. The summed E-state index contributed by atoms with van der Waals surface area (Å²) in [5.41, 5.74) is 5.84. The molecule has 2 aromatic rings. The zero-order valence-corrected chi connectivity index (χ0v) is 12.6. The standard InChI is InChI=1S/C15H16F3NO2.ClH/c1-2-21-11-8-7-9-5-3-4-6-10(9)12(11)13(19)14(20)15(16,17)18;/h3-8,13-14,20H,2,19H2,1H3;1H/t13-,14-;/m1./s1. The van der Waals surface area contributed by atoms with Crippen molar-refractivity contribution in [3.05, 3.63) is 42.0 Å². The Bertz CT molecular complexity index is 634. The lowest BCUT2D eigenvalue weighted by atomic mass is 9.94. The van der Waals surface area contributed by atoms with Crippen molar-refractivity contribution in [1.82, 2.24) is 0 Å². The summed E-state index contributed by atoms with van der Waals surface area (Å²) in [6.45, 7) is 2.02. The number of alkyl halides is 3. The van der Waals surface area contributed by atoms with E-state index in [-0.39, 0.29) is 23.7 Å². The van der Waals surface area contributed by atoms with Gasteiger partial charge in [-0.3, -0.25) is 0 Å². The van der Waals surface area contributed by atoms with Crippen LogP contribution >= 0.6 is 12.4 Å². The molecule has 0 unspecified atom stereocenters. The lowest BCUT2D eigenvalue weighted by Gasteiger charge is -2.25. The highest BCUT2D eigenvalue weighted by Crippen LogP contribution is 2.37. The van der Waals surface area contributed by atoms with E-state index in [4.69, 9.17) is 10.5 Å². The summed E-state index contributed by atoms with van der Waals surface area (Å²) in [6.07, 6.45) is -7.44. The van der Waals surface area contributed by atoms with E-state index in [0.29, 0.717) is 12.0 Å². The normalized spacial score (nSPS) is 14.3. The Kier molecular flexibility index (Phi) is 6.05. The lowest BCUT2D eigenvalue weighted by Crippen LogP contribution is -2.39. The fourth-order valence-electron chi connectivity index (χ4n) is 2.26. The molecule has 122 valence electrons. The maximum absolute atomic E-state index is 12.7. The van der Waals surface area contributed by atoms with Gasteiger partial charge in [0, 0.05) is 5.56 Å². The van der Waals surface area contributed by atoms with E-state index in [9.17, 15) is 18.3 Å². The number of rotatable bonds is 4. The van der Waals surface area contributed by atoms with Crippen molar-refractivity contribution in [2.45, 2.75) is 25.2 Å². The fraction of sp³-hybridized carbons (Fsp3) is 0.333. The third-order valence-corrected chi connectivity index (χ3v) is 3.24. The van der Waals surface area contributed by atoms with Gasteiger partial charge in [-0.25, -0.2) is 0 Å². The van der Waals surface area contributed by atoms with Gasteiger partial charge in [-0.15, -0.1) is 12.4 Å². The van der Waals surface area contributed by atoms with Crippen molar-refractivity contribution in [3.8, 4) is 5.75 Å². The van der Waals surface area contributed by atoms with Crippen molar-refractivity contribution in [2.75, 3.05) is 6.61 Å². The molecule has 3 nitrogen and oxygen atoms in total. The topological polar surface area (TPSA) is 55.5 Å². The number of halogens is 4. The van der Waals surface area contributed by atoms with E-state index >= 15 is 0 Å². The van der Waals surface area contributed by atoms with Crippen LogP contribution in [-0.4, -0.2) is 24.0 Å². The van der Waals surface area contributed by atoms with Crippen LogP contribution in [0.2, 0.25) is 0 Å². The molecule has 0 bridgehead atoms. The monoisotopic (exact) mass is 335 g/mol. The average molecular weight is 336 g/mol. The second kappa shape index (κ2) is 7.17. The summed E-state index contributed by atoms with van der Waals surface area (Å²) >= 11 is 0. The molecular formula is C15H17ClF3NO2. The number of nitrogens with two attached hydrogens (primary N) is 1. The molecule has 7 heteroatoms. The Morgan fingerprint density at radius 3 is 2.41 bits per heavy atom. The average Bonchev–Trinajstić information content (AvgIpc) is 2.45. The first-order chi connectivity index (χ1) is 9.86. The molecule has 0 aliphatic heterocycles. The maximum atomic E-state index is 12.7. The summed E-state index contributed by atoms with van der Waals surface area (Å²) in [5, 5.41) is 10.7. The number of fused-ring (bicyclic) bond motifs is 1. The predicted molar refractivity (Wildman–Crippen MR) is 81.4 cm³/mol. The first kappa shape index (κ1) is 18.5. The van der Waals surface area contributed by atoms with Crippen molar-refractivity contribution in [2.24, 2.45) is 5.73 Å². The first-order valence-electron chi connectivity index (χ1n) is 6.51. The molecule has 0 aromatic heterocycles. The van der Waals surface area contributed by atoms with E-state index in [0.717, 1.165) is 5.39 Å². The highest BCUT2D eigenvalue weighted by atomic mass is 35.5. The van der Waals surface area contributed by atoms with Gasteiger partial charge in [0.25, 0.3) is 0 Å². The summed E-state index contributed by atoms with van der Waals surface area (Å²) < 4.78 is 43.6. The molecule has 0 saturated heterocycles. The van der Waals surface area contributed by atoms with E-state index in [2.05, 4.69) is 0 Å². The molecular weight excluding hydrogens is 319 g/mol. The van der Waals surface area contributed by atoms with Crippen LogP contribution in [-0.2, 0) is 0 Å². The van der Waals surface area contributed by atoms with Gasteiger partial charge in [0.1, 0.15) is 5.75 Å².